The molecule has 0 radical (unpaired) electrons. The van der Waals surface area contributed by atoms with E-state index in [-0.39, 0.29) is 12.1 Å². The van der Waals surface area contributed by atoms with E-state index in [4.69, 9.17) is 11.3 Å². The Hall–Kier alpha value is -1.51. The quantitative estimate of drug-likeness (QED) is 0.441. The Balaban J connectivity index is 2.57. The zero-order valence-electron chi connectivity index (χ0n) is 8.17. The normalized spacial score (nSPS) is 14.1. The second kappa shape index (κ2) is 5.27. The van der Waals surface area contributed by atoms with E-state index in [0.29, 0.717) is 0 Å². The van der Waals surface area contributed by atoms with Crippen molar-refractivity contribution in [2.24, 2.45) is 10.8 Å². The van der Waals surface area contributed by atoms with Gasteiger partial charge in [-0.15, -0.1) is 0 Å². The topological polar surface area (TPSA) is 74.8 Å². The van der Waals surface area contributed by atoms with Crippen LogP contribution in [0.2, 0.25) is 0 Å². The molecule has 1 aromatic carbocycles. The zero-order valence-corrected chi connectivity index (χ0v) is 8.17. The standard InChI is InChI=1S/C10H14N4/c1-8(13-14-12)10(11)7-9-5-3-2-4-6-9/h2-6,8,10H,7,11H2,1H3/t8-,10+/m1/s1. The van der Waals surface area contributed by atoms with Gasteiger partial charge in [0, 0.05) is 17.0 Å². The van der Waals surface area contributed by atoms with Crippen molar-refractivity contribution < 1.29 is 0 Å². The minimum Gasteiger partial charge on any atom is -0.327 e. The zero-order chi connectivity index (χ0) is 10.4. The molecule has 2 atom stereocenters. The highest BCUT2D eigenvalue weighted by atomic mass is 15.2. The maximum absolute atomic E-state index is 8.25. The first-order valence-electron chi connectivity index (χ1n) is 4.57. The molecule has 0 saturated heterocycles. The van der Waals surface area contributed by atoms with Gasteiger partial charge < -0.3 is 5.73 Å². The van der Waals surface area contributed by atoms with Gasteiger partial charge in [-0.3, -0.25) is 0 Å². The molecule has 0 unspecified atom stereocenters. The molecule has 0 fully saturated rings. The third-order valence-electron chi connectivity index (χ3n) is 2.17. The first kappa shape index (κ1) is 10.6. The van der Waals surface area contributed by atoms with Gasteiger partial charge in [0.25, 0.3) is 0 Å². The van der Waals surface area contributed by atoms with Gasteiger partial charge in [0.1, 0.15) is 0 Å². The Labute approximate surface area is 83.4 Å². The van der Waals surface area contributed by atoms with Gasteiger partial charge in [-0.2, -0.15) is 0 Å². The first-order chi connectivity index (χ1) is 6.74. The summed E-state index contributed by atoms with van der Waals surface area (Å²) in [7, 11) is 0. The Kier molecular flexibility index (Phi) is 3.98. The van der Waals surface area contributed by atoms with Crippen molar-refractivity contribution in [2.45, 2.75) is 25.4 Å². The molecule has 1 aromatic rings. The molecule has 0 aliphatic heterocycles. The predicted octanol–water partition coefficient (Wildman–Crippen LogP) is 2.26. The number of hydrogen-bond donors (Lipinski definition) is 1. The van der Waals surface area contributed by atoms with Crippen molar-refractivity contribution in [3.63, 3.8) is 0 Å². The molecule has 4 heteroatoms. The summed E-state index contributed by atoms with van der Waals surface area (Å²) < 4.78 is 0. The van der Waals surface area contributed by atoms with Crippen LogP contribution in [0.15, 0.2) is 35.4 Å². The smallest absolute Gasteiger partial charge is 0.0500 e. The van der Waals surface area contributed by atoms with Gasteiger partial charge in [0.05, 0.1) is 0 Å². The van der Waals surface area contributed by atoms with Crippen molar-refractivity contribution in [2.75, 3.05) is 0 Å². The van der Waals surface area contributed by atoms with Crippen molar-refractivity contribution in [3.8, 4) is 0 Å². The number of hydrogen-bond acceptors (Lipinski definition) is 2. The molecule has 0 spiro atoms. The van der Waals surface area contributed by atoms with Crippen LogP contribution in [0.4, 0.5) is 0 Å². The fourth-order valence-electron chi connectivity index (χ4n) is 1.22. The van der Waals surface area contributed by atoms with Gasteiger partial charge in [-0.1, -0.05) is 42.4 Å². The molecule has 0 aliphatic carbocycles. The maximum Gasteiger partial charge on any atom is 0.0500 e. The Morgan fingerprint density at radius 3 is 2.64 bits per heavy atom. The van der Waals surface area contributed by atoms with E-state index >= 15 is 0 Å². The molecule has 0 aromatic heterocycles. The highest BCUT2D eigenvalue weighted by molar-refractivity contribution is 5.16. The van der Waals surface area contributed by atoms with Gasteiger partial charge in [0.15, 0.2) is 0 Å². The summed E-state index contributed by atoms with van der Waals surface area (Å²) in [6, 6.07) is 9.66. The van der Waals surface area contributed by atoms with Crippen LogP contribution in [-0.2, 0) is 6.42 Å². The summed E-state index contributed by atoms with van der Waals surface area (Å²) in [6.07, 6.45) is 0.737. The fourth-order valence-corrected chi connectivity index (χ4v) is 1.22. The number of nitrogens with two attached hydrogens (primary N) is 1. The van der Waals surface area contributed by atoms with Crippen LogP contribution >= 0.6 is 0 Å². The van der Waals surface area contributed by atoms with Gasteiger partial charge in [-0.05, 0) is 17.5 Å². The van der Waals surface area contributed by atoms with E-state index in [1.807, 2.05) is 37.3 Å². The van der Waals surface area contributed by atoms with E-state index in [1.165, 1.54) is 5.56 Å². The number of nitrogens with zero attached hydrogens (tertiary/aromatic N) is 3. The lowest BCUT2D eigenvalue weighted by Crippen LogP contribution is -2.33. The van der Waals surface area contributed by atoms with Gasteiger partial charge in [-0.25, -0.2) is 0 Å². The summed E-state index contributed by atoms with van der Waals surface area (Å²) in [5, 5.41) is 3.58. The lowest BCUT2D eigenvalue weighted by Gasteiger charge is -2.14. The third kappa shape index (κ3) is 3.09. The molecule has 2 N–H and O–H groups in total. The summed E-state index contributed by atoms with van der Waals surface area (Å²) in [4.78, 5) is 2.74. The molecule has 0 bridgehead atoms. The molecule has 74 valence electrons. The van der Waals surface area contributed by atoms with E-state index in [0.717, 1.165) is 6.42 Å². The first-order valence-corrected chi connectivity index (χ1v) is 4.57. The highest BCUT2D eigenvalue weighted by Crippen LogP contribution is 2.06. The van der Waals surface area contributed by atoms with Crippen molar-refractivity contribution in [3.05, 3.63) is 46.3 Å². The SMILES string of the molecule is C[C@@H](N=[N+]=[N-])[C@@H](N)Cc1ccccc1. The minimum atomic E-state index is -0.166. The lowest BCUT2D eigenvalue weighted by atomic mass is 10.0. The molecule has 14 heavy (non-hydrogen) atoms. The predicted molar refractivity (Wildman–Crippen MR) is 56.7 cm³/mol. The fraction of sp³-hybridized carbons (Fsp3) is 0.400. The molecule has 0 saturated carbocycles. The van der Waals surface area contributed by atoms with Crippen LogP contribution in [0.25, 0.3) is 10.4 Å². The van der Waals surface area contributed by atoms with E-state index < -0.39 is 0 Å². The van der Waals surface area contributed by atoms with Crippen molar-refractivity contribution in [1.29, 1.82) is 0 Å². The monoisotopic (exact) mass is 190 g/mol. The largest absolute Gasteiger partial charge is 0.327 e. The second-order valence-electron chi connectivity index (χ2n) is 3.30. The summed E-state index contributed by atoms with van der Waals surface area (Å²) in [5.41, 5.74) is 15.3. The third-order valence-corrected chi connectivity index (χ3v) is 2.17. The summed E-state index contributed by atoms with van der Waals surface area (Å²) >= 11 is 0. The molecular weight excluding hydrogens is 176 g/mol. The lowest BCUT2D eigenvalue weighted by molar-refractivity contribution is 0.555. The molecular formula is C10H14N4. The number of azide groups is 1. The Morgan fingerprint density at radius 2 is 2.07 bits per heavy atom. The Morgan fingerprint density at radius 1 is 1.43 bits per heavy atom. The second-order valence-corrected chi connectivity index (χ2v) is 3.30. The van der Waals surface area contributed by atoms with Crippen LogP contribution in [-0.4, -0.2) is 12.1 Å². The van der Waals surface area contributed by atoms with Crippen LogP contribution < -0.4 is 5.73 Å². The molecule has 0 amide bonds. The maximum atomic E-state index is 8.25. The van der Waals surface area contributed by atoms with Crippen LogP contribution in [0.5, 0.6) is 0 Å². The average molecular weight is 190 g/mol. The average Bonchev–Trinajstić information content (AvgIpc) is 2.19. The van der Waals surface area contributed by atoms with Crippen LogP contribution in [0.1, 0.15) is 12.5 Å². The van der Waals surface area contributed by atoms with Crippen molar-refractivity contribution in [1.82, 2.24) is 0 Å². The number of rotatable bonds is 4. The van der Waals surface area contributed by atoms with Gasteiger partial charge in [0.2, 0.25) is 0 Å². The Bertz CT molecular complexity index is 316. The summed E-state index contributed by atoms with van der Waals surface area (Å²) in [5.74, 6) is 0. The summed E-state index contributed by atoms with van der Waals surface area (Å²) in [6.45, 7) is 1.83. The van der Waals surface area contributed by atoms with E-state index in [1.54, 1.807) is 0 Å². The van der Waals surface area contributed by atoms with E-state index in [9.17, 15) is 0 Å². The minimum absolute atomic E-state index is 0.117. The van der Waals surface area contributed by atoms with Crippen LogP contribution in [0.3, 0.4) is 0 Å². The molecule has 0 aliphatic rings. The molecule has 1 rings (SSSR count). The van der Waals surface area contributed by atoms with Crippen molar-refractivity contribution >= 4 is 0 Å². The van der Waals surface area contributed by atoms with Gasteiger partial charge >= 0.3 is 0 Å². The van der Waals surface area contributed by atoms with E-state index in [2.05, 4.69) is 10.0 Å². The van der Waals surface area contributed by atoms with Crippen LogP contribution in [0, 0.1) is 0 Å². The molecule has 0 heterocycles. The molecule has 4 nitrogen and oxygen atoms in total. The highest BCUT2D eigenvalue weighted by Gasteiger charge is 2.10. The number of benzene rings is 1.